The van der Waals surface area contributed by atoms with Gasteiger partial charge < -0.3 is 19.7 Å². The van der Waals surface area contributed by atoms with Crippen LogP contribution < -0.4 is 10.0 Å². The highest BCUT2D eigenvalue weighted by Crippen LogP contribution is 2.18. The van der Waals surface area contributed by atoms with Crippen LogP contribution in [0.3, 0.4) is 0 Å². The summed E-state index contributed by atoms with van der Waals surface area (Å²) in [6, 6.07) is 3.58. The number of hydrogen-bond acceptors (Lipinski definition) is 6. The first kappa shape index (κ1) is 26.5. The maximum Gasteiger partial charge on any atom is 0.242 e. The molecule has 0 radical (unpaired) electrons. The number of rotatable bonds is 12. The Morgan fingerprint density at radius 1 is 1.12 bits per heavy atom. The van der Waals surface area contributed by atoms with E-state index in [1.807, 2.05) is 6.92 Å². The van der Waals surface area contributed by atoms with E-state index in [-0.39, 0.29) is 29.6 Å². The summed E-state index contributed by atoms with van der Waals surface area (Å²) in [6.07, 6.45) is 4.32. The molecule has 0 bridgehead atoms. The molecule has 0 spiro atoms. The van der Waals surface area contributed by atoms with E-state index < -0.39 is 34.3 Å². The number of nitrogens with zero attached hydrogens (tertiary/aromatic N) is 1. The van der Waals surface area contributed by atoms with Gasteiger partial charge in [-0.2, -0.15) is 0 Å². The van der Waals surface area contributed by atoms with Crippen molar-refractivity contribution in [2.75, 3.05) is 32.8 Å². The van der Waals surface area contributed by atoms with E-state index in [0.717, 1.165) is 49.9 Å². The average Bonchev–Trinajstić information content (AvgIpc) is 3.53. The summed E-state index contributed by atoms with van der Waals surface area (Å²) < 4.78 is 51.8. The fourth-order valence-electron chi connectivity index (χ4n) is 4.21. The topological polar surface area (TPSA) is 114 Å². The van der Waals surface area contributed by atoms with Crippen LogP contribution in [0.25, 0.3) is 0 Å². The van der Waals surface area contributed by atoms with Gasteiger partial charge in [0.25, 0.3) is 0 Å². The molecule has 0 aliphatic carbocycles. The molecule has 1 aromatic rings. The number of ether oxygens (including phenoxy) is 2. The van der Waals surface area contributed by atoms with Crippen LogP contribution in [0, 0.1) is 5.82 Å². The number of amides is 2. The molecule has 2 aliphatic heterocycles. The highest BCUT2D eigenvalue weighted by molar-refractivity contribution is 7.89. The average molecular weight is 500 g/mol. The fraction of sp³-hybridized carbons (Fsp3) is 0.652. The second-order valence-electron chi connectivity index (χ2n) is 8.64. The Morgan fingerprint density at radius 3 is 2.35 bits per heavy atom. The lowest BCUT2D eigenvalue weighted by atomic mass is 10.1. The molecule has 3 unspecified atom stereocenters. The third-order valence-electron chi connectivity index (χ3n) is 6.05. The Balaban J connectivity index is 1.70. The smallest absolute Gasteiger partial charge is 0.242 e. The molecule has 11 heteroatoms. The van der Waals surface area contributed by atoms with E-state index in [1.165, 1.54) is 4.90 Å². The van der Waals surface area contributed by atoms with Gasteiger partial charge in [0.1, 0.15) is 11.9 Å². The predicted molar refractivity (Wildman–Crippen MR) is 123 cm³/mol. The number of hydrogen-bond donors (Lipinski definition) is 2. The van der Waals surface area contributed by atoms with Gasteiger partial charge in [0.15, 0.2) is 0 Å². The number of halogens is 1. The number of nitrogens with one attached hydrogen (secondary N) is 2. The lowest BCUT2D eigenvalue weighted by molar-refractivity contribution is -0.141. The van der Waals surface area contributed by atoms with Gasteiger partial charge in [-0.1, -0.05) is 13.3 Å². The van der Waals surface area contributed by atoms with E-state index >= 15 is 0 Å². The normalized spacial score (nSPS) is 21.4. The molecule has 34 heavy (non-hydrogen) atoms. The van der Waals surface area contributed by atoms with E-state index in [0.29, 0.717) is 32.6 Å². The summed E-state index contributed by atoms with van der Waals surface area (Å²) in [6.45, 7) is 3.25. The molecule has 1 aromatic carbocycles. The standard InChI is InChI=1S/C23H34FN3O6S/c1-2-5-21(23(29)25-14-18-6-3-12-32-18)27(16-19-7-4-13-33-19)22(28)15-26-34(30,31)20-10-8-17(24)9-11-20/h8-11,18-19,21,26H,2-7,12-16H2,1H3,(H,25,29). The molecule has 190 valence electrons. The number of benzene rings is 1. The summed E-state index contributed by atoms with van der Waals surface area (Å²) in [5, 5.41) is 2.90. The van der Waals surface area contributed by atoms with E-state index in [1.54, 1.807) is 0 Å². The summed E-state index contributed by atoms with van der Waals surface area (Å²) in [5.74, 6) is -1.37. The first-order chi connectivity index (χ1) is 16.3. The monoisotopic (exact) mass is 499 g/mol. The van der Waals surface area contributed by atoms with Gasteiger partial charge in [-0.05, 0) is 56.4 Å². The summed E-state index contributed by atoms with van der Waals surface area (Å²) in [7, 11) is -4.02. The first-order valence-corrected chi connectivity index (χ1v) is 13.3. The third kappa shape index (κ3) is 7.46. The van der Waals surface area contributed by atoms with Crippen LogP contribution in [0.1, 0.15) is 45.4 Å². The number of carbonyl (C=O) groups excluding carboxylic acids is 2. The lowest BCUT2D eigenvalue weighted by Crippen LogP contribution is -2.54. The molecule has 2 saturated heterocycles. The Labute approximate surface area is 200 Å². The maximum atomic E-state index is 13.2. The minimum Gasteiger partial charge on any atom is -0.376 e. The van der Waals surface area contributed by atoms with Crippen molar-refractivity contribution in [3.05, 3.63) is 30.1 Å². The minimum atomic E-state index is -4.02. The van der Waals surface area contributed by atoms with Crippen molar-refractivity contribution >= 4 is 21.8 Å². The van der Waals surface area contributed by atoms with Gasteiger partial charge in [-0.15, -0.1) is 0 Å². The van der Waals surface area contributed by atoms with Crippen LogP contribution in [0.2, 0.25) is 0 Å². The molecule has 2 fully saturated rings. The van der Waals surface area contributed by atoms with Crippen molar-refractivity contribution in [3.8, 4) is 0 Å². The highest BCUT2D eigenvalue weighted by atomic mass is 32.2. The van der Waals surface area contributed by atoms with E-state index in [9.17, 15) is 22.4 Å². The zero-order chi connectivity index (χ0) is 24.6. The van der Waals surface area contributed by atoms with Gasteiger partial charge in [-0.3, -0.25) is 9.59 Å². The van der Waals surface area contributed by atoms with Crippen LogP contribution in [0.15, 0.2) is 29.2 Å². The van der Waals surface area contributed by atoms with Crippen molar-refractivity contribution in [1.82, 2.24) is 14.9 Å². The molecule has 2 heterocycles. The molecule has 9 nitrogen and oxygen atoms in total. The summed E-state index contributed by atoms with van der Waals surface area (Å²) in [4.78, 5) is 27.6. The SMILES string of the molecule is CCCC(C(=O)NCC1CCCO1)N(CC1CCCO1)C(=O)CNS(=O)(=O)c1ccc(F)cc1. The number of carbonyl (C=O) groups is 2. The van der Waals surface area contributed by atoms with Gasteiger partial charge in [0.05, 0.1) is 23.6 Å². The second-order valence-corrected chi connectivity index (χ2v) is 10.4. The zero-order valence-electron chi connectivity index (χ0n) is 19.5. The van der Waals surface area contributed by atoms with Crippen LogP contribution in [0.4, 0.5) is 4.39 Å². The fourth-order valence-corrected chi connectivity index (χ4v) is 5.18. The summed E-state index contributed by atoms with van der Waals surface area (Å²) >= 11 is 0. The van der Waals surface area contributed by atoms with Crippen LogP contribution >= 0.6 is 0 Å². The van der Waals surface area contributed by atoms with Crippen LogP contribution in [-0.2, 0) is 29.1 Å². The quantitative estimate of drug-likeness (QED) is 0.451. The Bertz CT molecular complexity index is 915. The predicted octanol–water partition coefficient (Wildman–Crippen LogP) is 1.58. The van der Waals surface area contributed by atoms with Gasteiger partial charge in [0.2, 0.25) is 21.8 Å². The van der Waals surface area contributed by atoms with E-state index in [2.05, 4.69) is 10.0 Å². The van der Waals surface area contributed by atoms with Crippen molar-refractivity contribution in [3.63, 3.8) is 0 Å². The highest BCUT2D eigenvalue weighted by Gasteiger charge is 2.33. The van der Waals surface area contributed by atoms with Crippen LogP contribution in [-0.4, -0.2) is 76.2 Å². The van der Waals surface area contributed by atoms with Gasteiger partial charge in [-0.25, -0.2) is 17.5 Å². The molecular formula is C23H34FN3O6S. The van der Waals surface area contributed by atoms with Crippen molar-refractivity contribution in [2.45, 2.75) is 68.6 Å². The summed E-state index contributed by atoms with van der Waals surface area (Å²) in [5.41, 5.74) is 0. The van der Waals surface area contributed by atoms with Crippen molar-refractivity contribution in [1.29, 1.82) is 0 Å². The van der Waals surface area contributed by atoms with E-state index in [4.69, 9.17) is 9.47 Å². The first-order valence-electron chi connectivity index (χ1n) is 11.9. The number of sulfonamides is 1. The molecule has 3 atom stereocenters. The lowest BCUT2D eigenvalue weighted by Gasteiger charge is -2.33. The molecule has 2 aliphatic rings. The Hall–Kier alpha value is -2.08. The third-order valence-corrected chi connectivity index (χ3v) is 7.47. The van der Waals surface area contributed by atoms with Crippen molar-refractivity contribution < 1.29 is 31.9 Å². The largest absolute Gasteiger partial charge is 0.376 e. The molecule has 3 rings (SSSR count). The van der Waals surface area contributed by atoms with Gasteiger partial charge >= 0.3 is 0 Å². The molecule has 2 N–H and O–H groups in total. The minimum absolute atomic E-state index is 0.0314. The molecular weight excluding hydrogens is 465 g/mol. The molecule has 0 saturated carbocycles. The molecule has 0 aromatic heterocycles. The molecule has 2 amide bonds. The van der Waals surface area contributed by atoms with Gasteiger partial charge in [0, 0.05) is 26.3 Å². The zero-order valence-corrected chi connectivity index (χ0v) is 20.3. The van der Waals surface area contributed by atoms with Crippen LogP contribution in [0.5, 0.6) is 0 Å². The van der Waals surface area contributed by atoms with Crippen molar-refractivity contribution in [2.24, 2.45) is 0 Å². The second kappa shape index (κ2) is 12.6. The Kier molecular flexibility index (Phi) is 9.81. The maximum absolute atomic E-state index is 13.2. The Morgan fingerprint density at radius 2 is 1.76 bits per heavy atom.